The molecule has 0 spiro atoms. The van der Waals surface area contributed by atoms with Crippen molar-refractivity contribution in [2.75, 3.05) is 7.11 Å². The van der Waals surface area contributed by atoms with Crippen LogP contribution in [-0.4, -0.2) is 25.0 Å². The number of methoxy groups -OCH3 is 1. The van der Waals surface area contributed by atoms with E-state index in [1.807, 2.05) is 13.8 Å². The van der Waals surface area contributed by atoms with Crippen LogP contribution in [0.5, 0.6) is 17.2 Å². The van der Waals surface area contributed by atoms with E-state index >= 15 is 0 Å². The third-order valence-corrected chi connectivity index (χ3v) is 4.16. The van der Waals surface area contributed by atoms with Crippen LogP contribution in [0.15, 0.2) is 59.0 Å². The quantitative estimate of drug-likeness (QED) is 0.514. The molecule has 0 aliphatic carbocycles. The maximum atomic E-state index is 12.9. The van der Waals surface area contributed by atoms with Gasteiger partial charge in [0.15, 0.2) is 17.3 Å². The van der Waals surface area contributed by atoms with Gasteiger partial charge in [0.05, 0.1) is 13.2 Å². The molecule has 0 unspecified atom stereocenters. The Balaban J connectivity index is 1.54. The number of benzene rings is 2. The van der Waals surface area contributed by atoms with Crippen LogP contribution in [0.1, 0.15) is 40.5 Å². The summed E-state index contributed by atoms with van der Waals surface area (Å²) in [5.41, 5.74) is 4.88. The minimum absolute atomic E-state index is 0.0127. The standard InChI is InChI=1S/C23H23FN2O6/c1-14(2)31-19-10-4-15(12-21(19)29-3)22(27)25-26-23(28)20-11-9-18(32-20)13-30-17-7-5-16(24)6-8-17/h4-12,14H,13H2,1-3H3,(H,25,27)(H,26,28). The maximum Gasteiger partial charge on any atom is 0.305 e. The van der Waals surface area contributed by atoms with E-state index in [9.17, 15) is 14.0 Å². The molecule has 0 saturated carbocycles. The van der Waals surface area contributed by atoms with Crippen molar-refractivity contribution in [3.05, 3.63) is 77.5 Å². The molecular formula is C23H23FN2O6. The van der Waals surface area contributed by atoms with E-state index in [0.717, 1.165) is 0 Å². The van der Waals surface area contributed by atoms with E-state index in [-0.39, 0.29) is 29.9 Å². The van der Waals surface area contributed by atoms with Crippen LogP contribution in [0, 0.1) is 5.82 Å². The highest BCUT2D eigenvalue weighted by Crippen LogP contribution is 2.28. The summed E-state index contributed by atoms with van der Waals surface area (Å²) in [4.78, 5) is 24.6. The second-order valence-corrected chi connectivity index (χ2v) is 6.95. The molecule has 1 heterocycles. The lowest BCUT2D eigenvalue weighted by molar-refractivity contribution is 0.0828. The van der Waals surface area contributed by atoms with Crippen LogP contribution in [0.2, 0.25) is 0 Å². The first kappa shape index (κ1) is 22.7. The molecule has 0 atom stereocenters. The topological polar surface area (TPSA) is 99.0 Å². The van der Waals surface area contributed by atoms with Crippen LogP contribution in [-0.2, 0) is 6.61 Å². The van der Waals surface area contributed by atoms with Crippen molar-refractivity contribution < 1.29 is 32.6 Å². The molecule has 32 heavy (non-hydrogen) atoms. The summed E-state index contributed by atoms with van der Waals surface area (Å²) in [6.07, 6.45) is -0.0536. The molecular weight excluding hydrogens is 419 g/mol. The lowest BCUT2D eigenvalue weighted by Gasteiger charge is -2.14. The number of carbonyl (C=O) groups is 2. The summed E-state index contributed by atoms with van der Waals surface area (Å²) in [7, 11) is 1.47. The molecule has 2 N–H and O–H groups in total. The van der Waals surface area contributed by atoms with E-state index in [2.05, 4.69) is 10.9 Å². The van der Waals surface area contributed by atoms with Crippen LogP contribution in [0.4, 0.5) is 4.39 Å². The minimum atomic E-state index is -0.641. The molecule has 2 aromatic carbocycles. The molecule has 0 bridgehead atoms. The SMILES string of the molecule is COc1cc(C(=O)NNC(=O)c2ccc(COc3ccc(F)cc3)o2)ccc1OC(C)C. The zero-order valence-electron chi connectivity index (χ0n) is 17.8. The molecule has 0 saturated heterocycles. The van der Waals surface area contributed by atoms with Crippen molar-refractivity contribution in [2.24, 2.45) is 0 Å². The van der Waals surface area contributed by atoms with Gasteiger partial charge in [-0.2, -0.15) is 0 Å². The number of amides is 2. The normalized spacial score (nSPS) is 10.5. The molecule has 3 aromatic rings. The fourth-order valence-electron chi connectivity index (χ4n) is 2.67. The smallest absolute Gasteiger partial charge is 0.305 e. The lowest BCUT2D eigenvalue weighted by Crippen LogP contribution is -2.41. The molecule has 9 heteroatoms. The summed E-state index contributed by atoms with van der Waals surface area (Å²) < 4.78 is 34.7. The second kappa shape index (κ2) is 10.3. The van der Waals surface area contributed by atoms with Crippen molar-refractivity contribution in [2.45, 2.75) is 26.6 Å². The van der Waals surface area contributed by atoms with E-state index in [1.165, 1.54) is 43.5 Å². The highest BCUT2D eigenvalue weighted by Gasteiger charge is 2.15. The first-order chi connectivity index (χ1) is 15.4. The summed E-state index contributed by atoms with van der Waals surface area (Å²) >= 11 is 0. The van der Waals surface area contributed by atoms with Crippen molar-refractivity contribution in [3.8, 4) is 17.2 Å². The summed E-state index contributed by atoms with van der Waals surface area (Å²) in [6, 6.07) is 13.2. The lowest BCUT2D eigenvalue weighted by atomic mass is 10.2. The zero-order valence-corrected chi connectivity index (χ0v) is 17.8. The van der Waals surface area contributed by atoms with Crippen molar-refractivity contribution in [1.82, 2.24) is 10.9 Å². The molecule has 0 radical (unpaired) electrons. The van der Waals surface area contributed by atoms with Gasteiger partial charge < -0.3 is 18.6 Å². The number of ether oxygens (including phenoxy) is 3. The number of nitrogens with one attached hydrogen (secondary N) is 2. The molecule has 168 valence electrons. The fraction of sp³-hybridized carbons (Fsp3) is 0.217. The Morgan fingerprint density at radius 2 is 1.69 bits per heavy atom. The predicted molar refractivity (Wildman–Crippen MR) is 113 cm³/mol. The van der Waals surface area contributed by atoms with Gasteiger partial charge in [-0.15, -0.1) is 0 Å². The van der Waals surface area contributed by atoms with Gasteiger partial charge in [-0.1, -0.05) is 0 Å². The van der Waals surface area contributed by atoms with Crippen LogP contribution in [0.3, 0.4) is 0 Å². The van der Waals surface area contributed by atoms with E-state index in [0.29, 0.717) is 23.0 Å². The minimum Gasteiger partial charge on any atom is -0.493 e. The summed E-state index contributed by atoms with van der Waals surface area (Å²) in [5, 5.41) is 0. The molecule has 2 amide bonds. The van der Waals surface area contributed by atoms with Crippen LogP contribution >= 0.6 is 0 Å². The van der Waals surface area contributed by atoms with Crippen molar-refractivity contribution >= 4 is 11.8 Å². The van der Waals surface area contributed by atoms with Gasteiger partial charge in [-0.05, 0) is 68.4 Å². The van der Waals surface area contributed by atoms with Crippen LogP contribution in [0.25, 0.3) is 0 Å². The highest BCUT2D eigenvalue weighted by molar-refractivity contribution is 5.98. The third-order valence-electron chi connectivity index (χ3n) is 4.16. The largest absolute Gasteiger partial charge is 0.493 e. The average molecular weight is 442 g/mol. The molecule has 1 aromatic heterocycles. The Kier molecular flexibility index (Phi) is 7.33. The van der Waals surface area contributed by atoms with Gasteiger partial charge in [0, 0.05) is 5.56 Å². The Labute approximate surface area is 184 Å². The van der Waals surface area contributed by atoms with Crippen LogP contribution < -0.4 is 25.1 Å². The summed E-state index contributed by atoms with van der Waals surface area (Å²) in [5.74, 6) is 0.189. The average Bonchev–Trinajstić information content (AvgIpc) is 3.26. The van der Waals surface area contributed by atoms with Gasteiger partial charge in [-0.3, -0.25) is 20.4 Å². The predicted octanol–water partition coefficient (Wildman–Crippen LogP) is 3.87. The molecule has 3 rings (SSSR count). The number of carbonyl (C=O) groups excluding carboxylic acids is 2. The monoisotopic (exact) mass is 442 g/mol. The number of hydrazine groups is 1. The Hall–Kier alpha value is -4.01. The Morgan fingerprint density at radius 3 is 2.38 bits per heavy atom. The number of hydrogen-bond donors (Lipinski definition) is 2. The Bertz CT molecular complexity index is 1080. The molecule has 8 nitrogen and oxygen atoms in total. The number of rotatable bonds is 8. The van der Waals surface area contributed by atoms with Gasteiger partial charge in [0.25, 0.3) is 5.91 Å². The highest BCUT2D eigenvalue weighted by atomic mass is 19.1. The number of hydrogen-bond acceptors (Lipinski definition) is 6. The number of furan rings is 1. The molecule has 0 aliphatic heterocycles. The fourth-order valence-corrected chi connectivity index (χ4v) is 2.67. The molecule has 0 aliphatic rings. The van der Waals surface area contributed by atoms with Gasteiger partial charge in [-0.25, -0.2) is 4.39 Å². The Morgan fingerprint density at radius 1 is 0.969 bits per heavy atom. The summed E-state index contributed by atoms with van der Waals surface area (Å²) in [6.45, 7) is 3.81. The van der Waals surface area contributed by atoms with E-state index in [4.69, 9.17) is 18.6 Å². The van der Waals surface area contributed by atoms with Crippen molar-refractivity contribution in [3.63, 3.8) is 0 Å². The maximum absolute atomic E-state index is 12.9. The van der Waals surface area contributed by atoms with Crippen molar-refractivity contribution in [1.29, 1.82) is 0 Å². The molecule has 0 fully saturated rings. The van der Waals surface area contributed by atoms with E-state index in [1.54, 1.807) is 18.2 Å². The third kappa shape index (κ3) is 6.00. The first-order valence-electron chi connectivity index (χ1n) is 9.78. The first-order valence-corrected chi connectivity index (χ1v) is 9.78. The number of halogens is 1. The zero-order chi connectivity index (χ0) is 23.1. The van der Waals surface area contributed by atoms with E-state index < -0.39 is 11.8 Å². The van der Waals surface area contributed by atoms with Gasteiger partial charge in [0.2, 0.25) is 0 Å². The second-order valence-electron chi connectivity index (χ2n) is 6.95. The van der Waals surface area contributed by atoms with Gasteiger partial charge in [0.1, 0.15) is 23.9 Å². The van der Waals surface area contributed by atoms with Gasteiger partial charge >= 0.3 is 5.91 Å².